The number of carboxylic acid groups (broad SMARTS) is 1. The average Bonchev–Trinajstić information content (AvgIpc) is 2.65. The molecule has 0 aliphatic carbocycles. The third-order valence-electron chi connectivity index (χ3n) is 2.45. The number of carbonyl (C=O) groups excluding carboxylic acids is 1. The summed E-state index contributed by atoms with van der Waals surface area (Å²) < 4.78 is 0. The van der Waals surface area contributed by atoms with Gasteiger partial charge in [0.2, 0.25) is 5.91 Å². The van der Waals surface area contributed by atoms with Gasteiger partial charge in [0.05, 0.1) is 5.92 Å². The summed E-state index contributed by atoms with van der Waals surface area (Å²) in [5.41, 5.74) is 0. The summed E-state index contributed by atoms with van der Waals surface area (Å²) in [5.74, 6) is -1.18. The van der Waals surface area contributed by atoms with Crippen molar-refractivity contribution in [3.05, 3.63) is 0 Å². The van der Waals surface area contributed by atoms with Crippen molar-refractivity contribution in [1.82, 2.24) is 10.6 Å². The van der Waals surface area contributed by atoms with Crippen LogP contribution in [-0.4, -0.2) is 36.1 Å². The van der Waals surface area contributed by atoms with E-state index in [-0.39, 0.29) is 11.8 Å². The highest BCUT2D eigenvalue weighted by Gasteiger charge is 2.26. The molecule has 1 saturated heterocycles. The predicted molar refractivity (Wildman–Crippen MR) is 50.8 cm³/mol. The Labute approximate surface area is 82.9 Å². The number of hydrogen-bond acceptors (Lipinski definition) is 3. The molecule has 1 fully saturated rings. The third kappa shape index (κ3) is 2.70. The van der Waals surface area contributed by atoms with Crippen LogP contribution in [0.15, 0.2) is 0 Å². The second kappa shape index (κ2) is 4.95. The number of aliphatic carboxylic acids is 1. The van der Waals surface area contributed by atoms with Crippen molar-refractivity contribution in [1.29, 1.82) is 0 Å². The summed E-state index contributed by atoms with van der Waals surface area (Å²) in [6.45, 7) is 3.23. The highest BCUT2D eigenvalue weighted by molar-refractivity contribution is 5.85. The number of carboxylic acids is 1. The number of amides is 1. The lowest BCUT2D eigenvalue weighted by Gasteiger charge is -2.15. The fraction of sp³-hybridized carbons (Fsp3) is 0.778. The van der Waals surface area contributed by atoms with Gasteiger partial charge in [0.25, 0.3) is 0 Å². The van der Waals surface area contributed by atoms with E-state index in [1.54, 1.807) is 6.92 Å². The zero-order valence-electron chi connectivity index (χ0n) is 8.25. The summed E-state index contributed by atoms with van der Waals surface area (Å²) in [4.78, 5) is 22.2. The van der Waals surface area contributed by atoms with Gasteiger partial charge in [-0.2, -0.15) is 0 Å². The first-order valence-electron chi connectivity index (χ1n) is 4.89. The summed E-state index contributed by atoms with van der Waals surface area (Å²) in [6.07, 6.45) is 1.21. The highest BCUT2D eigenvalue weighted by Crippen LogP contribution is 2.07. The van der Waals surface area contributed by atoms with E-state index in [1.165, 1.54) is 0 Å². The molecule has 2 atom stereocenters. The van der Waals surface area contributed by atoms with Crippen LogP contribution in [0.5, 0.6) is 0 Å². The van der Waals surface area contributed by atoms with Gasteiger partial charge in [-0.1, -0.05) is 6.92 Å². The Bertz CT molecular complexity index is 224. The van der Waals surface area contributed by atoms with Crippen molar-refractivity contribution in [3.8, 4) is 0 Å². The number of carbonyl (C=O) groups is 2. The smallest absolute Gasteiger partial charge is 0.326 e. The fourth-order valence-electron chi connectivity index (χ4n) is 1.51. The normalized spacial score (nSPS) is 23.1. The maximum absolute atomic E-state index is 11.5. The molecule has 5 nitrogen and oxygen atoms in total. The molecule has 0 aromatic carbocycles. The van der Waals surface area contributed by atoms with Crippen LogP contribution in [0.1, 0.15) is 19.8 Å². The lowest BCUT2D eigenvalue weighted by Crippen LogP contribution is -2.43. The van der Waals surface area contributed by atoms with E-state index < -0.39 is 12.0 Å². The molecular weight excluding hydrogens is 184 g/mol. The van der Waals surface area contributed by atoms with Gasteiger partial charge >= 0.3 is 5.97 Å². The van der Waals surface area contributed by atoms with Crippen LogP contribution in [0.4, 0.5) is 0 Å². The Morgan fingerprint density at radius 1 is 1.64 bits per heavy atom. The minimum Gasteiger partial charge on any atom is -0.480 e. The summed E-state index contributed by atoms with van der Waals surface area (Å²) in [5, 5.41) is 14.3. The molecule has 1 aliphatic heterocycles. The minimum atomic E-state index is -0.966. The Morgan fingerprint density at radius 2 is 2.36 bits per heavy atom. The largest absolute Gasteiger partial charge is 0.480 e. The average molecular weight is 200 g/mol. The van der Waals surface area contributed by atoms with Crippen LogP contribution in [0, 0.1) is 5.92 Å². The molecule has 3 N–H and O–H groups in total. The zero-order valence-corrected chi connectivity index (χ0v) is 8.25. The Hall–Kier alpha value is -1.10. The number of hydrogen-bond donors (Lipinski definition) is 3. The first kappa shape index (κ1) is 11.0. The number of nitrogens with one attached hydrogen (secondary N) is 2. The van der Waals surface area contributed by atoms with Crippen LogP contribution in [0.3, 0.4) is 0 Å². The Balaban J connectivity index is 2.41. The Morgan fingerprint density at radius 3 is 2.79 bits per heavy atom. The third-order valence-corrected chi connectivity index (χ3v) is 2.45. The van der Waals surface area contributed by atoms with Crippen molar-refractivity contribution < 1.29 is 14.7 Å². The maximum atomic E-state index is 11.5. The molecule has 1 amide bonds. The molecule has 14 heavy (non-hydrogen) atoms. The van der Waals surface area contributed by atoms with Crippen molar-refractivity contribution >= 4 is 11.9 Å². The van der Waals surface area contributed by atoms with Crippen LogP contribution >= 0.6 is 0 Å². The van der Waals surface area contributed by atoms with E-state index in [0.29, 0.717) is 13.0 Å². The van der Waals surface area contributed by atoms with Gasteiger partial charge in [-0.15, -0.1) is 0 Å². The molecule has 0 radical (unpaired) electrons. The highest BCUT2D eigenvalue weighted by atomic mass is 16.4. The maximum Gasteiger partial charge on any atom is 0.326 e. The molecule has 1 rings (SSSR count). The fourth-order valence-corrected chi connectivity index (χ4v) is 1.51. The molecule has 0 bridgehead atoms. The second-order valence-corrected chi connectivity index (χ2v) is 3.50. The standard InChI is InChI=1S/C9H16N2O3/c1-2-7(9(13)14)11-8(12)6-3-4-10-5-6/h6-7,10H,2-5H2,1H3,(H,11,12)(H,13,14)/t6?,7-/m1/s1. The van der Waals surface area contributed by atoms with E-state index in [2.05, 4.69) is 10.6 Å². The first-order chi connectivity index (χ1) is 6.65. The van der Waals surface area contributed by atoms with E-state index in [0.717, 1.165) is 13.0 Å². The summed E-state index contributed by atoms with van der Waals surface area (Å²) in [7, 11) is 0. The van der Waals surface area contributed by atoms with Crippen LogP contribution in [0.25, 0.3) is 0 Å². The van der Waals surface area contributed by atoms with Gasteiger partial charge in [0.1, 0.15) is 6.04 Å². The zero-order chi connectivity index (χ0) is 10.6. The van der Waals surface area contributed by atoms with E-state index in [9.17, 15) is 9.59 Å². The molecule has 1 heterocycles. The van der Waals surface area contributed by atoms with Gasteiger partial charge in [-0.25, -0.2) is 4.79 Å². The van der Waals surface area contributed by atoms with Crippen molar-refractivity contribution in [3.63, 3.8) is 0 Å². The summed E-state index contributed by atoms with van der Waals surface area (Å²) >= 11 is 0. The van der Waals surface area contributed by atoms with Crippen LogP contribution in [-0.2, 0) is 9.59 Å². The monoisotopic (exact) mass is 200 g/mol. The van der Waals surface area contributed by atoms with E-state index in [1.807, 2.05) is 0 Å². The van der Waals surface area contributed by atoms with Gasteiger partial charge in [-0.05, 0) is 19.4 Å². The van der Waals surface area contributed by atoms with Crippen molar-refractivity contribution in [2.75, 3.05) is 13.1 Å². The summed E-state index contributed by atoms with van der Waals surface area (Å²) in [6, 6.07) is -0.747. The second-order valence-electron chi connectivity index (χ2n) is 3.50. The first-order valence-corrected chi connectivity index (χ1v) is 4.89. The predicted octanol–water partition coefficient (Wildman–Crippen LogP) is -0.425. The van der Waals surface area contributed by atoms with Crippen LogP contribution < -0.4 is 10.6 Å². The lowest BCUT2D eigenvalue weighted by atomic mass is 10.1. The molecule has 0 spiro atoms. The molecule has 0 aromatic heterocycles. The van der Waals surface area contributed by atoms with E-state index >= 15 is 0 Å². The van der Waals surface area contributed by atoms with Gasteiger partial charge < -0.3 is 15.7 Å². The van der Waals surface area contributed by atoms with Crippen LogP contribution in [0.2, 0.25) is 0 Å². The molecule has 80 valence electrons. The van der Waals surface area contributed by atoms with Gasteiger partial charge in [-0.3, -0.25) is 4.79 Å². The Kier molecular flexibility index (Phi) is 3.88. The molecule has 0 saturated carbocycles. The van der Waals surface area contributed by atoms with E-state index in [4.69, 9.17) is 5.11 Å². The molecule has 1 aliphatic rings. The van der Waals surface area contributed by atoms with Gasteiger partial charge in [0, 0.05) is 6.54 Å². The molecular formula is C9H16N2O3. The minimum absolute atomic E-state index is 0.0663. The lowest BCUT2D eigenvalue weighted by molar-refractivity contribution is -0.142. The molecule has 1 unspecified atom stereocenters. The molecule has 0 aromatic rings. The van der Waals surface area contributed by atoms with Crippen molar-refractivity contribution in [2.24, 2.45) is 5.92 Å². The quantitative estimate of drug-likeness (QED) is 0.575. The van der Waals surface area contributed by atoms with Gasteiger partial charge in [0.15, 0.2) is 0 Å². The molecule has 5 heteroatoms. The van der Waals surface area contributed by atoms with Crippen molar-refractivity contribution in [2.45, 2.75) is 25.8 Å². The number of rotatable bonds is 4. The topological polar surface area (TPSA) is 78.4 Å². The SMILES string of the molecule is CC[C@@H](NC(=O)C1CCNC1)C(=O)O.